The molecule has 0 radical (unpaired) electrons. The molecule has 7 heteroatoms. The lowest BCUT2D eigenvalue weighted by atomic mass is 10.1. The second-order valence-electron chi connectivity index (χ2n) is 6.63. The van der Waals surface area contributed by atoms with Gasteiger partial charge in [0.25, 0.3) is 5.69 Å². The molecule has 1 atom stereocenters. The van der Waals surface area contributed by atoms with Gasteiger partial charge >= 0.3 is 0 Å². The van der Waals surface area contributed by atoms with Crippen molar-refractivity contribution in [3.05, 3.63) is 33.9 Å². The average Bonchev–Trinajstić information content (AvgIpc) is 3.18. The number of non-ortho nitro benzene ring substituents is 1. The van der Waals surface area contributed by atoms with Gasteiger partial charge in [0.05, 0.1) is 16.5 Å². The number of nitro groups is 1. The lowest BCUT2D eigenvalue weighted by Gasteiger charge is -2.23. The van der Waals surface area contributed by atoms with Gasteiger partial charge in [-0.2, -0.15) is 0 Å². The first-order chi connectivity index (χ1) is 11.5. The molecule has 7 nitrogen and oxygen atoms in total. The van der Waals surface area contributed by atoms with Crippen LogP contribution in [0.25, 0.3) is 0 Å². The van der Waals surface area contributed by atoms with Crippen LogP contribution < -0.4 is 5.32 Å². The third-order valence-corrected chi connectivity index (χ3v) is 4.98. The number of nitrogens with zero attached hydrogens (tertiary/aromatic N) is 2. The van der Waals surface area contributed by atoms with Gasteiger partial charge < -0.3 is 10.2 Å². The molecule has 1 N–H and O–H groups in total. The van der Waals surface area contributed by atoms with Crippen molar-refractivity contribution >= 4 is 23.2 Å². The van der Waals surface area contributed by atoms with Crippen LogP contribution in [0.4, 0.5) is 11.4 Å². The largest absolute Gasteiger partial charge is 0.339 e. The third-order valence-electron chi connectivity index (χ3n) is 4.98. The molecule has 1 heterocycles. The van der Waals surface area contributed by atoms with E-state index in [0.717, 1.165) is 31.2 Å². The fraction of sp³-hybridized carbons (Fsp3) is 0.529. The zero-order valence-corrected chi connectivity index (χ0v) is 13.7. The molecular weight excluding hydrogens is 310 g/mol. The number of nitro benzene ring substituents is 1. The van der Waals surface area contributed by atoms with E-state index in [1.165, 1.54) is 12.1 Å². The lowest BCUT2D eigenvalue weighted by Crippen LogP contribution is -2.35. The Hall–Kier alpha value is -2.44. The first kappa shape index (κ1) is 16.4. The Kier molecular flexibility index (Phi) is 4.51. The van der Waals surface area contributed by atoms with E-state index in [0.29, 0.717) is 12.2 Å². The molecule has 0 aromatic heterocycles. The second kappa shape index (κ2) is 6.59. The molecule has 0 spiro atoms. The zero-order chi connectivity index (χ0) is 17.3. The summed E-state index contributed by atoms with van der Waals surface area (Å²) in [5, 5.41) is 13.6. The molecule has 0 bridgehead atoms. The van der Waals surface area contributed by atoms with Gasteiger partial charge in [0.2, 0.25) is 11.8 Å². The molecule has 1 saturated carbocycles. The molecule has 1 saturated heterocycles. The highest BCUT2D eigenvalue weighted by molar-refractivity contribution is 5.98. The number of likely N-dealkylation sites (tertiary alicyclic amines) is 1. The smallest absolute Gasteiger partial charge is 0.271 e. The minimum atomic E-state index is -0.490. The maximum Gasteiger partial charge on any atom is 0.271 e. The van der Waals surface area contributed by atoms with E-state index in [9.17, 15) is 19.7 Å². The number of carbonyl (C=O) groups excluding carboxylic acids is 2. The van der Waals surface area contributed by atoms with Gasteiger partial charge in [0.15, 0.2) is 0 Å². The molecule has 2 aliphatic rings. The van der Waals surface area contributed by atoms with Gasteiger partial charge in [-0.15, -0.1) is 0 Å². The predicted molar refractivity (Wildman–Crippen MR) is 88.5 cm³/mol. The van der Waals surface area contributed by atoms with Crippen molar-refractivity contribution < 1.29 is 14.5 Å². The van der Waals surface area contributed by atoms with Crippen molar-refractivity contribution in [2.45, 2.75) is 45.1 Å². The molecular formula is C17H21N3O4. The minimum Gasteiger partial charge on any atom is -0.339 e. The quantitative estimate of drug-likeness (QED) is 0.678. The highest BCUT2D eigenvalue weighted by Crippen LogP contribution is 2.30. The van der Waals surface area contributed by atoms with E-state index in [1.807, 2.05) is 4.90 Å². The number of aryl methyl sites for hydroxylation is 1. The SMILES string of the molecule is Cc1ccc([N+](=O)[O-])cc1NC(=O)C1CC(=O)N(C2CCCC2)C1. The Balaban J connectivity index is 1.68. The lowest BCUT2D eigenvalue weighted by molar-refractivity contribution is -0.384. The summed E-state index contributed by atoms with van der Waals surface area (Å²) in [7, 11) is 0. The number of benzene rings is 1. The van der Waals surface area contributed by atoms with Crippen molar-refractivity contribution in [2.75, 3.05) is 11.9 Å². The number of anilines is 1. The molecule has 2 amide bonds. The highest BCUT2D eigenvalue weighted by Gasteiger charge is 2.38. The molecule has 128 valence electrons. The second-order valence-corrected chi connectivity index (χ2v) is 6.63. The number of carbonyl (C=O) groups is 2. The van der Waals surface area contributed by atoms with E-state index >= 15 is 0 Å². The van der Waals surface area contributed by atoms with Crippen molar-refractivity contribution in [3.8, 4) is 0 Å². The van der Waals surface area contributed by atoms with Crippen molar-refractivity contribution in [3.63, 3.8) is 0 Å². The minimum absolute atomic E-state index is 0.0396. The molecule has 1 aliphatic heterocycles. The molecule has 1 aliphatic carbocycles. The summed E-state index contributed by atoms with van der Waals surface area (Å²) in [5.74, 6) is -0.595. The van der Waals surface area contributed by atoms with Crippen LogP contribution in [-0.2, 0) is 9.59 Å². The van der Waals surface area contributed by atoms with Crippen LogP contribution in [0.2, 0.25) is 0 Å². The first-order valence-corrected chi connectivity index (χ1v) is 8.31. The summed E-state index contributed by atoms with van der Waals surface area (Å²) >= 11 is 0. The van der Waals surface area contributed by atoms with E-state index in [4.69, 9.17) is 0 Å². The van der Waals surface area contributed by atoms with E-state index < -0.39 is 10.8 Å². The van der Waals surface area contributed by atoms with E-state index in [-0.39, 0.29) is 30.0 Å². The van der Waals surface area contributed by atoms with Crippen molar-refractivity contribution in [1.82, 2.24) is 4.90 Å². The summed E-state index contributed by atoms with van der Waals surface area (Å²) < 4.78 is 0. The average molecular weight is 331 g/mol. The number of nitrogens with one attached hydrogen (secondary N) is 1. The predicted octanol–water partition coefficient (Wildman–Crippen LogP) is 2.63. The topological polar surface area (TPSA) is 92.5 Å². The van der Waals surface area contributed by atoms with Crippen LogP contribution in [0.5, 0.6) is 0 Å². The standard InChI is InChI=1S/C17H21N3O4/c1-11-6-7-14(20(23)24)9-15(11)18-17(22)12-8-16(21)19(10-12)13-4-2-3-5-13/h6-7,9,12-13H,2-5,8,10H2,1H3,(H,18,22). The Morgan fingerprint density at radius 1 is 1.33 bits per heavy atom. The Morgan fingerprint density at radius 3 is 2.71 bits per heavy atom. The fourth-order valence-electron chi connectivity index (χ4n) is 3.57. The Morgan fingerprint density at radius 2 is 2.04 bits per heavy atom. The van der Waals surface area contributed by atoms with E-state index in [2.05, 4.69) is 5.32 Å². The van der Waals surface area contributed by atoms with Crippen molar-refractivity contribution in [1.29, 1.82) is 0 Å². The first-order valence-electron chi connectivity index (χ1n) is 8.31. The number of hydrogen-bond donors (Lipinski definition) is 1. The van der Waals surface area contributed by atoms with Gasteiger partial charge in [-0.25, -0.2) is 0 Å². The molecule has 3 rings (SSSR count). The molecule has 1 unspecified atom stereocenters. The van der Waals surface area contributed by atoms with Gasteiger partial charge in [-0.3, -0.25) is 19.7 Å². The number of hydrogen-bond acceptors (Lipinski definition) is 4. The van der Waals surface area contributed by atoms with Crippen LogP contribution in [0.3, 0.4) is 0 Å². The summed E-state index contributed by atoms with van der Waals surface area (Å²) in [4.78, 5) is 36.9. The Labute approximate surface area is 140 Å². The number of rotatable bonds is 4. The summed E-state index contributed by atoms with van der Waals surface area (Å²) in [5.41, 5.74) is 1.12. The molecule has 1 aromatic carbocycles. The summed E-state index contributed by atoms with van der Waals surface area (Å²) in [6.07, 6.45) is 4.53. The van der Waals surface area contributed by atoms with Crippen LogP contribution in [0.15, 0.2) is 18.2 Å². The third kappa shape index (κ3) is 3.25. The molecule has 1 aromatic rings. The fourth-order valence-corrected chi connectivity index (χ4v) is 3.57. The zero-order valence-electron chi connectivity index (χ0n) is 13.7. The van der Waals surface area contributed by atoms with Crippen LogP contribution >= 0.6 is 0 Å². The molecule has 2 fully saturated rings. The summed E-state index contributed by atoms with van der Waals surface area (Å²) in [6, 6.07) is 4.65. The highest BCUT2D eigenvalue weighted by atomic mass is 16.6. The number of amides is 2. The molecule has 24 heavy (non-hydrogen) atoms. The maximum atomic E-state index is 12.5. The van der Waals surface area contributed by atoms with Crippen molar-refractivity contribution in [2.24, 2.45) is 5.92 Å². The monoisotopic (exact) mass is 331 g/mol. The van der Waals surface area contributed by atoms with E-state index in [1.54, 1.807) is 13.0 Å². The summed E-state index contributed by atoms with van der Waals surface area (Å²) in [6.45, 7) is 2.23. The van der Waals surface area contributed by atoms with Gasteiger partial charge in [0.1, 0.15) is 0 Å². The van der Waals surface area contributed by atoms with Gasteiger partial charge in [-0.1, -0.05) is 18.9 Å². The van der Waals surface area contributed by atoms with Gasteiger partial charge in [-0.05, 0) is 25.3 Å². The van der Waals surface area contributed by atoms with Crippen LogP contribution in [0.1, 0.15) is 37.7 Å². The van der Waals surface area contributed by atoms with Crippen LogP contribution in [0, 0.1) is 23.0 Å². The maximum absolute atomic E-state index is 12.5. The van der Waals surface area contributed by atoms with Crippen LogP contribution in [-0.4, -0.2) is 34.2 Å². The normalized spacial score (nSPS) is 21.3. The Bertz CT molecular complexity index is 682. The van der Waals surface area contributed by atoms with Gasteiger partial charge in [0, 0.05) is 31.1 Å².